The first-order valence-electron chi connectivity index (χ1n) is 7.06. The van der Waals surface area contributed by atoms with Gasteiger partial charge in [-0.1, -0.05) is 12.1 Å². The van der Waals surface area contributed by atoms with Gasteiger partial charge in [0.05, 0.1) is 12.6 Å². The van der Waals surface area contributed by atoms with Crippen molar-refractivity contribution in [3.05, 3.63) is 46.4 Å². The highest BCUT2D eigenvalue weighted by molar-refractivity contribution is 7.09. The van der Waals surface area contributed by atoms with Gasteiger partial charge in [-0.15, -0.1) is 11.3 Å². The summed E-state index contributed by atoms with van der Waals surface area (Å²) in [7, 11) is 1.71. The lowest BCUT2D eigenvalue weighted by Crippen LogP contribution is -2.20. The molecule has 1 unspecified atom stereocenters. The monoisotopic (exact) mass is 288 g/mol. The summed E-state index contributed by atoms with van der Waals surface area (Å²) in [6.07, 6.45) is 4.45. The highest BCUT2D eigenvalue weighted by atomic mass is 32.1. The molecule has 1 aromatic carbocycles. The Hall–Kier alpha value is -1.39. The molecule has 4 heteroatoms. The molecule has 20 heavy (non-hydrogen) atoms. The highest BCUT2D eigenvalue weighted by Gasteiger charge is 2.22. The van der Waals surface area contributed by atoms with E-state index in [1.807, 2.05) is 11.7 Å². The lowest BCUT2D eigenvalue weighted by Gasteiger charge is -2.14. The SMILES string of the molecule is COc1ccc(CC2CCN(Cc3cncs3)C2)cc1. The summed E-state index contributed by atoms with van der Waals surface area (Å²) in [6, 6.07) is 8.48. The highest BCUT2D eigenvalue weighted by Crippen LogP contribution is 2.24. The third kappa shape index (κ3) is 3.38. The Morgan fingerprint density at radius 3 is 2.90 bits per heavy atom. The average Bonchev–Trinajstić information content (AvgIpc) is 3.12. The zero-order chi connectivity index (χ0) is 13.8. The Labute approximate surface area is 124 Å². The van der Waals surface area contributed by atoms with Crippen molar-refractivity contribution in [1.29, 1.82) is 0 Å². The van der Waals surface area contributed by atoms with E-state index in [-0.39, 0.29) is 0 Å². The number of benzene rings is 1. The number of likely N-dealkylation sites (tertiary alicyclic amines) is 1. The van der Waals surface area contributed by atoms with Crippen LogP contribution in [0.2, 0.25) is 0 Å². The molecular weight excluding hydrogens is 268 g/mol. The van der Waals surface area contributed by atoms with E-state index in [0.717, 1.165) is 18.2 Å². The lowest BCUT2D eigenvalue weighted by atomic mass is 9.99. The van der Waals surface area contributed by atoms with Crippen molar-refractivity contribution in [1.82, 2.24) is 9.88 Å². The van der Waals surface area contributed by atoms with Gasteiger partial charge < -0.3 is 4.74 Å². The van der Waals surface area contributed by atoms with Crippen LogP contribution in [0.3, 0.4) is 0 Å². The average molecular weight is 288 g/mol. The number of thiazole rings is 1. The van der Waals surface area contributed by atoms with Gasteiger partial charge in [-0.05, 0) is 43.0 Å². The molecule has 1 aliphatic rings. The predicted octanol–water partition coefficient (Wildman–Crippen LogP) is 3.22. The van der Waals surface area contributed by atoms with Crippen LogP contribution in [0.4, 0.5) is 0 Å². The van der Waals surface area contributed by atoms with Crippen LogP contribution in [0.15, 0.2) is 36.0 Å². The van der Waals surface area contributed by atoms with Crippen LogP contribution in [-0.2, 0) is 13.0 Å². The fourth-order valence-corrected chi connectivity index (χ4v) is 3.49. The van der Waals surface area contributed by atoms with Gasteiger partial charge in [0.2, 0.25) is 0 Å². The molecule has 1 saturated heterocycles. The van der Waals surface area contributed by atoms with Crippen LogP contribution in [-0.4, -0.2) is 30.1 Å². The largest absolute Gasteiger partial charge is 0.497 e. The Bertz CT molecular complexity index is 524. The fraction of sp³-hybridized carbons (Fsp3) is 0.438. The first-order valence-corrected chi connectivity index (χ1v) is 7.94. The lowest BCUT2D eigenvalue weighted by molar-refractivity contribution is 0.319. The van der Waals surface area contributed by atoms with Crippen molar-refractivity contribution in [2.75, 3.05) is 20.2 Å². The van der Waals surface area contributed by atoms with E-state index in [4.69, 9.17) is 4.74 Å². The van der Waals surface area contributed by atoms with Crippen LogP contribution >= 0.6 is 11.3 Å². The van der Waals surface area contributed by atoms with Crippen molar-refractivity contribution in [2.45, 2.75) is 19.4 Å². The van der Waals surface area contributed by atoms with Crippen LogP contribution in [0.1, 0.15) is 16.9 Å². The molecule has 3 rings (SSSR count). The van der Waals surface area contributed by atoms with Gasteiger partial charge in [0.1, 0.15) is 5.75 Å². The van der Waals surface area contributed by atoms with Gasteiger partial charge in [-0.3, -0.25) is 9.88 Å². The summed E-state index contributed by atoms with van der Waals surface area (Å²) in [5.41, 5.74) is 3.33. The summed E-state index contributed by atoms with van der Waals surface area (Å²) < 4.78 is 5.20. The van der Waals surface area contributed by atoms with E-state index in [2.05, 4.69) is 34.1 Å². The molecule has 1 aromatic heterocycles. The van der Waals surface area contributed by atoms with Crippen molar-refractivity contribution in [2.24, 2.45) is 5.92 Å². The number of ether oxygens (including phenoxy) is 1. The Kier molecular flexibility index (Phi) is 4.33. The molecule has 0 aliphatic carbocycles. The van der Waals surface area contributed by atoms with Gasteiger partial charge >= 0.3 is 0 Å². The van der Waals surface area contributed by atoms with Gasteiger partial charge in [0.15, 0.2) is 0 Å². The van der Waals surface area contributed by atoms with Gasteiger partial charge in [0.25, 0.3) is 0 Å². The normalized spacial score (nSPS) is 19.4. The Morgan fingerprint density at radius 2 is 2.20 bits per heavy atom. The third-order valence-electron chi connectivity index (χ3n) is 3.92. The maximum absolute atomic E-state index is 5.20. The molecule has 0 bridgehead atoms. The minimum Gasteiger partial charge on any atom is -0.497 e. The van der Waals surface area contributed by atoms with Crippen molar-refractivity contribution in [3.8, 4) is 5.75 Å². The molecule has 0 N–H and O–H groups in total. The molecule has 2 heterocycles. The summed E-state index contributed by atoms with van der Waals surface area (Å²) in [4.78, 5) is 8.06. The molecule has 0 spiro atoms. The molecule has 106 valence electrons. The van der Waals surface area contributed by atoms with E-state index in [1.165, 1.54) is 36.4 Å². The maximum atomic E-state index is 5.20. The van der Waals surface area contributed by atoms with Crippen molar-refractivity contribution >= 4 is 11.3 Å². The molecule has 0 amide bonds. The first kappa shape index (κ1) is 13.6. The predicted molar refractivity (Wildman–Crippen MR) is 82.2 cm³/mol. The number of hydrogen-bond acceptors (Lipinski definition) is 4. The number of methoxy groups -OCH3 is 1. The molecule has 3 nitrogen and oxygen atoms in total. The standard InChI is InChI=1S/C16H20N2OS/c1-19-15-4-2-13(3-5-15)8-14-6-7-18(10-14)11-16-9-17-12-20-16/h2-5,9,12,14H,6-8,10-11H2,1H3. The van der Waals surface area contributed by atoms with Crippen LogP contribution in [0.25, 0.3) is 0 Å². The second-order valence-electron chi connectivity index (χ2n) is 5.41. The van der Waals surface area contributed by atoms with Crippen LogP contribution < -0.4 is 4.74 Å². The molecular formula is C16H20N2OS. The third-order valence-corrected chi connectivity index (χ3v) is 4.68. The molecule has 0 saturated carbocycles. The van der Waals surface area contributed by atoms with Crippen LogP contribution in [0, 0.1) is 5.92 Å². The summed E-state index contributed by atoms with van der Waals surface area (Å²) in [5, 5.41) is 0. The summed E-state index contributed by atoms with van der Waals surface area (Å²) in [5.74, 6) is 1.71. The topological polar surface area (TPSA) is 25.4 Å². The molecule has 1 atom stereocenters. The zero-order valence-corrected chi connectivity index (χ0v) is 12.6. The fourth-order valence-electron chi connectivity index (χ4n) is 2.86. The van der Waals surface area contributed by atoms with Gasteiger partial charge in [-0.25, -0.2) is 0 Å². The summed E-state index contributed by atoms with van der Waals surface area (Å²) in [6.45, 7) is 3.46. The van der Waals surface area contributed by atoms with Crippen molar-refractivity contribution in [3.63, 3.8) is 0 Å². The second-order valence-corrected chi connectivity index (χ2v) is 6.38. The Morgan fingerprint density at radius 1 is 1.35 bits per heavy atom. The van der Waals surface area contributed by atoms with E-state index >= 15 is 0 Å². The van der Waals surface area contributed by atoms with Crippen molar-refractivity contribution < 1.29 is 4.74 Å². The Balaban J connectivity index is 1.51. The molecule has 2 aromatic rings. The number of nitrogens with zero attached hydrogens (tertiary/aromatic N) is 2. The zero-order valence-electron chi connectivity index (χ0n) is 11.8. The maximum Gasteiger partial charge on any atom is 0.118 e. The summed E-state index contributed by atoms with van der Waals surface area (Å²) >= 11 is 1.75. The quantitative estimate of drug-likeness (QED) is 0.844. The van der Waals surface area contributed by atoms with E-state index in [9.17, 15) is 0 Å². The van der Waals surface area contributed by atoms with Gasteiger partial charge in [0, 0.05) is 24.2 Å². The van der Waals surface area contributed by atoms with E-state index in [1.54, 1.807) is 18.4 Å². The van der Waals surface area contributed by atoms with Crippen LogP contribution in [0.5, 0.6) is 5.75 Å². The first-order chi connectivity index (χ1) is 9.83. The minimum absolute atomic E-state index is 0.774. The second kappa shape index (κ2) is 6.37. The van der Waals surface area contributed by atoms with Gasteiger partial charge in [-0.2, -0.15) is 0 Å². The van der Waals surface area contributed by atoms with E-state index in [0.29, 0.717) is 0 Å². The minimum atomic E-state index is 0.774. The number of rotatable bonds is 5. The number of aromatic nitrogens is 1. The molecule has 1 aliphatic heterocycles. The molecule has 1 fully saturated rings. The number of hydrogen-bond donors (Lipinski definition) is 0. The van der Waals surface area contributed by atoms with E-state index < -0.39 is 0 Å². The molecule has 0 radical (unpaired) electrons. The smallest absolute Gasteiger partial charge is 0.118 e.